The number of carbonyl (C=O) groups is 1. The molecule has 1 aliphatic rings. The summed E-state index contributed by atoms with van der Waals surface area (Å²) < 4.78 is 23.8. The lowest BCUT2D eigenvalue weighted by Gasteiger charge is -2.12. The zero-order chi connectivity index (χ0) is 20.1. The number of amides is 1. The van der Waals surface area contributed by atoms with Crippen LogP contribution in [-0.4, -0.2) is 23.6 Å². The molecule has 7 nitrogen and oxygen atoms in total. The number of nitrogens with zero attached hydrogens (tertiary/aromatic N) is 2. The molecule has 0 unspecified atom stereocenters. The van der Waals surface area contributed by atoms with Crippen molar-refractivity contribution < 1.29 is 18.7 Å². The number of hydrogen-bond donors (Lipinski definition) is 2. The highest BCUT2D eigenvalue weighted by molar-refractivity contribution is 6.10. The van der Waals surface area contributed by atoms with Gasteiger partial charge >= 0.3 is 0 Å². The van der Waals surface area contributed by atoms with E-state index < -0.39 is 11.7 Å². The topological polar surface area (TPSA) is 84.8 Å². The number of ether oxygens (including phenoxy) is 2. The number of aliphatic imine (C=N–C) groups is 1. The fraction of sp³-hybridized carbons (Fsp3) is 0.0952. The minimum absolute atomic E-state index is 0.170. The summed E-state index contributed by atoms with van der Waals surface area (Å²) in [4.78, 5) is 21.0. The van der Waals surface area contributed by atoms with Crippen LogP contribution in [0.5, 0.6) is 11.5 Å². The molecule has 0 bridgehead atoms. The van der Waals surface area contributed by atoms with Crippen molar-refractivity contribution in [2.45, 2.75) is 6.54 Å². The Balaban J connectivity index is 1.54. The lowest BCUT2D eigenvalue weighted by atomic mass is 10.2. The Morgan fingerprint density at radius 3 is 2.59 bits per heavy atom. The summed E-state index contributed by atoms with van der Waals surface area (Å²) in [7, 11) is 0. The minimum Gasteiger partial charge on any atom is -0.454 e. The van der Waals surface area contributed by atoms with Crippen LogP contribution in [0, 0.1) is 5.82 Å². The molecule has 1 amide bonds. The van der Waals surface area contributed by atoms with Crippen molar-refractivity contribution in [1.82, 2.24) is 10.3 Å². The van der Waals surface area contributed by atoms with E-state index in [0.29, 0.717) is 29.3 Å². The fourth-order valence-electron chi connectivity index (χ4n) is 2.66. The second-order valence-electron chi connectivity index (χ2n) is 6.17. The Hall–Kier alpha value is -3.94. The molecule has 0 saturated carbocycles. The number of hydrogen-bond acceptors (Lipinski definition) is 5. The third-order valence-electron chi connectivity index (χ3n) is 4.14. The third-order valence-corrected chi connectivity index (χ3v) is 4.14. The molecule has 0 radical (unpaired) electrons. The number of anilines is 1. The first-order valence-electron chi connectivity index (χ1n) is 8.84. The second kappa shape index (κ2) is 8.39. The molecule has 8 heteroatoms. The number of carbonyl (C=O) groups excluding carboxylic acids is 1. The van der Waals surface area contributed by atoms with Crippen LogP contribution in [0.1, 0.15) is 15.9 Å². The Bertz CT molecular complexity index is 1040. The third kappa shape index (κ3) is 4.67. The standard InChI is InChI=1S/C21H17FN4O3/c22-16-3-1-15(2-4-16)20(27)26-21(24-12-14-7-9-23-10-8-14)25-17-5-6-18-19(11-17)29-13-28-18/h1-11H,12-13H2,(H2,24,25,26,27). The van der Waals surface area contributed by atoms with Gasteiger partial charge in [0.25, 0.3) is 5.91 Å². The van der Waals surface area contributed by atoms with E-state index in [1.165, 1.54) is 24.3 Å². The van der Waals surface area contributed by atoms with Crippen LogP contribution in [0.2, 0.25) is 0 Å². The van der Waals surface area contributed by atoms with Gasteiger partial charge in [-0.3, -0.25) is 15.1 Å². The van der Waals surface area contributed by atoms with E-state index in [0.717, 1.165) is 5.56 Å². The van der Waals surface area contributed by atoms with Gasteiger partial charge in [-0.25, -0.2) is 9.38 Å². The summed E-state index contributed by atoms with van der Waals surface area (Å²) in [6.45, 7) is 0.502. The smallest absolute Gasteiger partial charge is 0.257 e. The normalized spacial score (nSPS) is 12.5. The quantitative estimate of drug-likeness (QED) is 0.525. The first-order chi connectivity index (χ1) is 14.2. The zero-order valence-electron chi connectivity index (χ0n) is 15.3. The van der Waals surface area contributed by atoms with Crippen molar-refractivity contribution in [3.8, 4) is 11.5 Å². The molecule has 2 N–H and O–H groups in total. The van der Waals surface area contributed by atoms with Crippen LogP contribution in [0.3, 0.4) is 0 Å². The number of fused-ring (bicyclic) bond motifs is 1. The van der Waals surface area contributed by atoms with Crippen molar-refractivity contribution in [1.29, 1.82) is 0 Å². The first-order valence-corrected chi connectivity index (χ1v) is 8.84. The highest BCUT2D eigenvalue weighted by Gasteiger charge is 2.15. The Labute approximate surface area is 166 Å². The summed E-state index contributed by atoms with van der Waals surface area (Å²) >= 11 is 0. The molecule has 3 aromatic rings. The van der Waals surface area contributed by atoms with Crippen molar-refractivity contribution in [2.75, 3.05) is 12.1 Å². The highest BCUT2D eigenvalue weighted by atomic mass is 19.1. The number of aromatic nitrogens is 1. The first kappa shape index (κ1) is 18.4. The Morgan fingerprint density at radius 2 is 1.79 bits per heavy atom. The minimum atomic E-state index is -0.411. The molecule has 0 aliphatic carbocycles. The van der Waals surface area contributed by atoms with Crippen LogP contribution in [0.25, 0.3) is 0 Å². The number of pyridine rings is 1. The molecule has 29 heavy (non-hydrogen) atoms. The summed E-state index contributed by atoms with van der Waals surface area (Å²) in [6.07, 6.45) is 3.35. The average molecular weight is 392 g/mol. The van der Waals surface area contributed by atoms with Crippen LogP contribution in [-0.2, 0) is 6.54 Å². The van der Waals surface area contributed by atoms with E-state index in [4.69, 9.17) is 9.47 Å². The van der Waals surface area contributed by atoms with Gasteiger partial charge in [0.05, 0.1) is 6.54 Å². The lowest BCUT2D eigenvalue weighted by Crippen LogP contribution is -2.36. The lowest BCUT2D eigenvalue weighted by molar-refractivity contribution is 0.0977. The van der Waals surface area contributed by atoms with Crippen molar-refractivity contribution >= 4 is 17.6 Å². The molecule has 2 aromatic carbocycles. The van der Waals surface area contributed by atoms with Crippen LogP contribution >= 0.6 is 0 Å². The van der Waals surface area contributed by atoms with Gasteiger partial charge in [-0.15, -0.1) is 0 Å². The second-order valence-corrected chi connectivity index (χ2v) is 6.17. The van der Waals surface area contributed by atoms with Gasteiger partial charge in [0, 0.05) is 29.7 Å². The molecule has 1 aliphatic heterocycles. The number of halogens is 1. The van der Waals surface area contributed by atoms with Crippen molar-refractivity contribution in [2.24, 2.45) is 4.99 Å². The summed E-state index contributed by atoms with van der Waals surface area (Å²) in [6, 6.07) is 14.3. The molecule has 0 fully saturated rings. The van der Waals surface area contributed by atoms with Gasteiger partial charge in [0.2, 0.25) is 12.8 Å². The van der Waals surface area contributed by atoms with E-state index in [9.17, 15) is 9.18 Å². The highest BCUT2D eigenvalue weighted by Crippen LogP contribution is 2.34. The maximum Gasteiger partial charge on any atom is 0.257 e. The predicted octanol–water partition coefficient (Wildman–Crippen LogP) is 3.35. The molecule has 4 rings (SSSR count). The van der Waals surface area contributed by atoms with E-state index >= 15 is 0 Å². The van der Waals surface area contributed by atoms with E-state index in [2.05, 4.69) is 20.6 Å². The molecule has 0 spiro atoms. The van der Waals surface area contributed by atoms with E-state index in [-0.39, 0.29) is 12.8 Å². The molecular formula is C21H17FN4O3. The van der Waals surface area contributed by atoms with Crippen LogP contribution < -0.4 is 20.1 Å². The van der Waals surface area contributed by atoms with Gasteiger partial charge in [-0.2, -0.15) is 0 Å². The molecule has 0 saturated heterocycles. The van der Waals surface area contributed by atoms with E-state index in [1.807, 2.05) is 12.1 Å². The number of nitrogens with one attached hydrogen (secondary N) is 2. The maximum absolute atomic E-state index is 13.1. The Kier molecular flexibility index (Phi) is 5.33. The SMILES string of the molecule is O=C(NC(=NCc1ccncc1)Nc1ccc2c(c1)OCO2)c1ccc(F)cc1. The maximum atomic E-state index is 13.1. The van der Waals surface area contributed by atoms with Gasteiger partial charge in [-0.1, -0.05) is 0 Å². The molecule has 0 atom stereocenters. The van der Waals surface area contributed by atoms with Gasteiger partial charge in [0.15, 0.2) is 11.5 Å². The van der Waals surface area contributed by atoms with Crippen molar-refractivity contribution in [3.05, 3.63) is 83.9 Å². The summed E-state index contributed by atoms with van der Waals surface area (Å²) in [5.74, 6) is 0.683. The fourth-order valence-corrected chi connectivity index (χ4v) is 2.66. The van der Waals surface area contributed by atoms with E-state index in [1.54, 1.807) is 30.6 Å². The van der Waals surface area contributed by atoms with Gasteiger partial charge in [0.1, 0.15) is 5.82 Å². The molecule has 146 valence electrons. The van der Waals surface area contributed by atoms with Crippen molar-refractivity contribution in [3.63, 3.8) is 0 Å². The summed E-state index contributed by atoms with van der Waals surface area (Å²) in [5.41, 5.74) is 1.92. The monoisotopic (exact) mass is 392 g/mol. The van der Waals surface area contributed by atoms with Gasteiger partial charge in [-0.05, 0) is 54.1 Å². The average Bonchev–Trinajstić information content (AvgIpc) is 3.21. The Morgan fingerprint density at radius 1 is 1.03 bits per heavy atom. The zero-order valence-corrected chi connectivity index (χ0v) is 15.3. The number of rotatable bonds is 4. The summed E-state index contributed by atoms with van der Waals surface area (Å²) in [5, 5.41) is 5.81. The largest absolute Gasteiger partial charge is 0.454 e. The number of benzene rings is 2. The van der Waals surface area contributed by atoms with Gasteiger partial charge < -0.3 is 14.8 Å². The number of guanidine groups is 1. The van der Waals surface area contributed by atoms with Crippen LogP contribution in [0.15, 0.2) is 72.0 Å². The molecule has 1 aromatic heterocycles. The predicted molar refractivity (Wildman–Crippen MR) is 105 cm³/mol. The molecule has 2 heterocycles. The molecular weight excluding hydrogens is 375 g/mol. The van der Waals surface area contributed by atoms with Crippen LogP contribution in [0.4, 0.5) is 10.1 Å².